The number of oxime groups is 1. The minimum atomic E-state index is -0.956. The van der Waals surface area contributed by atoms with Crippen molar-refractivity contribution in [3.05, 3.63) is 33.9 Å². The van der Waals surface area contributed by atoms with Crippen molar-refractivity contribution >= 4 is 28.4 Å². The zero-order valence-corrected chi connectivity index (χ0v) is 15.6. The Balaban J connectivity index is 2.23. The third-order valence-electron chi connectivity index (χ3n) is 3.95. The van der Waals surface area contributed by atoms with Crippen molar-refractivity contribution in [2.45, 2.75) is 52.1 Å². The molecule has 0 spiro atoms. The Morgan fingerprint density at radius 2 is 2.28 bits per heavy atom. The fourth-order valence-electron chi connectivity index (χ4n) is 2.53. The number of carbonyl (C=O) groups excluding carboxylic acids is 1. The summed E-state index contributed by atoms with van der Waals surface area (Å²) < 4.78 is 5.28. The molecule has 1 aromatic rings. The molecule has 7 nitrogen and oxygen atoms in total. The highest BCUT2D eigenvalue weighted by atomic mass is 32.2. The summed E-state index contributed by atoms with van der Waals surface area (Å²) >= 11 is 1.38. The third kappa shape index (κ3) is 4.50. The van der Waals surface area contributed by atoms with Crippen LogP contribution in [-0.4, -0.2) is 33.2 Å². The van der Waals surface area contributed by atoms with Gasteiger partial charge in [0.2, 0.25) is 5.91 Å². The van der Waals surface area contributed by atoms with Gasteiger partial charge in [0, 0.05) is 11.8 Å². The number of nitrogens with zero attached hydrogens (tertiary/aromatic N) is 2. The van der Waals surface area contributed by atoms with Gasteiger partial charge in [-0.3, -0.25) is 9.79 Å². The molecule has 8 heteroatoms. The maximum Gasteiger partial charge on any atom is 0.336 e. The number of aliphatic imine (C=N–C) groups is 1. The summed E-state index contributed by atoms with van der Waals surface area (Å²) in [6.45, 7) is 7.18. The number of thioether (sulfide) groups is 1. The average molecular weight is 365 g/mol. The van der Waals surface area contributed by atoms with Crippen molar-refractivity contribution < 1.29 is 14.4 Å². The van der Waals surface area contributed by atoms with E-state index in [1.165, 1.54) is 17.8 Å². The standard InChI is InChI=1S/C17H23N3O4S/c1-5-6-12(13-7-10(2)8-14(21)24-13)18-16(22)17(4)9-25-15(19-17)11(3)20-23/h7-8,12,23H,5-6,9H2,1-4H3,(H,18,22)/b20-11+/t12-,17?/m1/s1. The largest absolute Gasteiger partial charge is 0.426 e. The van der Waals surface area contributed by atoms with Crippen LogP contribution < -0.4 is 10.9 Å². The van der Waals surface area contributed by atoms with Crippen molar-refractivity contribution in [2.24, 2.45) is 10.1 Å². The maximum absolute atomic E-state index is 12.8. The quantitative estimate of drug-likeness (QED) is 0.458. The van der Waals surface area contributed by atoms with Gasteiger partial charge in [-0.2, -0.15) is 0 Å². The molecule has 1 amide bonds. The van der Waals surface area contributed by atoms with Crippen LogP contribution in [0.2, 0.25) is 0 Å². The van der Waals surface area contributed by atoms with Crippen molar-refractivity contribution in [2.75, 3.05) is 5.75 Å². The SMILES string of the molecule is CCC[C@@H](NC(=O)C1(C)CSC(/C(C)=N/O)=N1)c1cc(C)cc(=O)o1. The van der Waals surface area contributed by atoms with Crippen LogP contribution in [0.3, 0.4) is 0 Å². The minimum absolute atomic E-state index is 0.247. The van der Waals surface area contributed by atoms with Crippen LogP contribution in [0.4, 0.5) is 0 Å². The first-order chi connectivity index (χ1) is 11.8. The van der Waals surface area contributed by atoms with Crippen LogP contribution >= 0.6 is 11.8 Å². The van der Waals surface area contributed by atoms with Gasteiger partial charge in [-0.1, -0.05) is 18.5 Å². The summed E-state index contributed by atoms with van der Waals surface area (Å²) in [5.41, 5.74) is -0.207. The lowest BCUT2D eigenvalue weighted by molar-refractivity contribution is -0.125. The Morgan fingerprint density at radius 3 is 2.88 bits per heavy atom. The third-order valence-corrected chi connectivity index (χ3v) is 5.31. The van der Waals surface area contributed by atoms with E-state index in [1.54, 1.807) is 19.9 Å². The van der Waals surface area contributed by atoms with E-state index in [-0.39, 0.29) is 5.91 Å². The first kappa shape index (κ1) is 19.2. The number of rotatable bonds is 6. The first-order valence-corrected chi connectivity index (χ1v) is 9.12. The van der Waals surface area contributed by atoms with Gasteiger partial charge in [0.05, 0.1) is 6.04 Å². The van der Waals surface area contributed by atoms with Gasteiger partial charge in [0.1, 0.15) is 22.1 Å². The average Bonchev–Trinajstić information content (AvgIpc) is 2.96. The molecule has 1 aliphatic rings. The molecular formula is C17H23N3O4S. The predicted molar refractivity (Wildman–Crippen MR) is 98.7 cm³/mol. The van der Waals surface area contributed by atoms with E-state index >= 15 is 0 Å². The van der Waals surface area contributed by atoms with Crippen LogP contribution in [-0.2, 0) is 4.79 Å². The van der Waals surface area contributed by atoms with Crippen molar-refractivity contribution in [3.8, 4) is 0 Å². The summed E-state index contributed by atoms with van der Waals surface area (Å²) in [5.74, 6) is 0.660. The second-order valence-corrected chi connectivity index (χ2v) is 7.30. The minimum Gasteiger partial charge on any atom is -0.426 e. The predicted octanol–water partition coefficient (Wildman–Crippen LogP) is 2.66. The highest BCUT2D eigenvalue weighted by Gasteiger charge is 2.40. The fourth-order valence-corrected chi connectivity index (χ4v) is 3.66. The molecule has 2 atom stereocenters. The summed E-state index contributed by atoms with van der Waals surface area (Å²) in [6, 6.07) is 2.79. The van der Waals surface area contributed by atoms with Crippen molar-refractivity contribution in [1.82, 2.24) is 5.32 Å². The molecular weight excluding hydrogens is 342 g/mol. The highest BCUT2D eigenvalue weighted by molar-refractivity contribution is 8.16. The topological polar surface area (TPSA) is 104 Å². The van der Waals surface area contributed by atoms with Crippen molar-refractivity contribution in [1.29, 1.82) is 0 Å². The summed E-state index contributed by atoms with van der Waals surface area (Å²) in [7, 11) is 0. The molecule has 25 heavy (non-hydrogen) atoms. The van der Waals surface area contributed by atoms with Gasteiger partial charge in [-0.05, 0) is 38.8 Å². The fraction of sp³-hybridized carbons (Fsp3) is 0.529. The molecule has 2 N–H and O–H groups in total. The molecule has 1 aromatic heterocycles. The number of nitrogens with one attached hydrogen (secondary N) is 1. The molecule has 1 aliphatic heterocycles. The second kappa shape index (κ2) is 7.86. The van der Waals surface area contributed by atoms with Crippen LogP contribution in [0.25, 0.3) is 0 Å². The maximum atomic E-state index is 12.8. The number of aryl methyl sites for hydroxylation is 1. The van der Waals surface area contributed by atoms with Gasteiger partial charge in [0.25, 0.3) is 0 Å². The molecule has 0 radical (unpaired) electrons. The number of carbonyl (C=O) groups is 1. The molecule has 2 heterocycles. The number of hydrogen-bond acceptors (Lipinski definition) is 7. The number of amides is 1. The second-order valence-electron chi connectivity index (χ2n) is 6.34. The van der Waals surface area contributed by atoms with Gasteiger partial charge < -0.3 is 14.9 Å². The normalized spacial score (nSPS) is 21.8. The van der Waals surface area contributed by atoms with E-state index in [4.69, 9.17) is 9.62 Å². The van der Waals surface area contributed by atoms with Crippen LogP contribution in [0.15, 0.2) is 31.5 Å². The summed E-state index contributed by atoms with van der Waals surface area (Å²) in [6.07, 6.45) is 1.47. The Morgan fingerprint density at radius 1 is 1.56 bits per heavy atom. The van der Waals surface area contributed by atoms with Crippen molar-refractivity contribution in [3.63, 3.8) is 0 Å². The lowest BCUT2D eigenvalue weighted by atomic mass is 10.0. The Labute approximate surface area is 150 Å². The summed E-state index contributed by atoms with van der Waals surface area (Å²) in [4.78, 5) is 28.8. The summed E-state index contributed by atoms with van der Waals surface area (Å²) in [5, 5.41) is 15.5. The monoisotopic (exact) mass is 365 g/mol. The van der Waals surface area contributed by atoms with Gasteiger partial charge in [-0.25, -0.2) is 4.79 Å². The van der Waals surface area contributed by atoms with Crippen LogP contribution in [0.5, 0.6) is 0 Å². The Kier molecular flexibility index (Phi) is 6.05. The Bertz CT molecular complexity index is 771. The molecule has 2 rings (SSSR count). The molecule has 0 aromatic carbocycles. The van der Waals surface area contributed by atoms with Gasteiger partial charge >= 0.3 is 5.63 Å². The van der Waals surface area contributed by atoms with E-state index in [9.17, 15) is 9.59 Å². The number of hydrogen-bond donors (Lipinski definition) is 2. The van der Waals surface area contributed by atoms with E-state index in [2.05, 4.69) is 15.5 Å². The van der Waals surface area contributed by atoms with E-state index < -0.39 is 17.2 Å². The molecule has 0 aliphatic carbocycles. The molecule has 1 unspecified atom stereocenters. The zero-order valence-electron chi connectivity index (χ0n) is 14.8. The van der Waals surface area contributed by atoms with E-state index in [1.807, 2.05) is 13.8 Å². The lowest BCUT2D eigenvalue weighted by Gasteiger charge is -2.24. The molecule has 0 fully saturated rings. The van der Waals surface area contributed by atoms with Gasteiger partial charge in [0.15, 0.2) is 0 Å². The van der Waals surface area contributed by atoms with Crippen LogP contribution in [0, 0.1) is 6.92 Å². The Hall–Kier alpha value is -2.09. The lowest BCUT2D eigenvalue weighted by Crippen LogP contribution is -2.45. The smallest absolute Gasteiger partial charge is 0.336 e. The zero-order chi connectivity index (χ0) is 18.6. The highest BCUT2D eigenvalue weighted by Crippen LogP contribution is 2.30. The molecule has 0 saturated carbocycles. The van der Waals surface area contributed by atoms with Gasteiger partial charge in [-0.15, -0.1) is 11.8 Å². The molecule has 136 valence electrons. The molecule has 0 bridgehead atoms. The molecule has 0 saturated heterocycles. The van der Waals surface area contributed by atoms with Crippen LogP contribution in [0.1, 0.15) is 51.0 Å². The first-order valence-electron chi connectivity index (χ1n) is 8.13. The van der Waals surface area contributed by atoms with E-state index in [0.29, 0.717) is 28.7 Å². The van der Waals surface area contributed by atoms with E-state index in [0.717, 1.165) is 12.0 Å².